The van der Waals surface area contributed by atoms with E-state index in [-0.39, 0.29) is 59.7 Å². The van der Waals surface area contributed by atoms with E-state index in [1.54, 1.807) is 6.92 Å². The summed E-state index contributed by atoms with van der Waals surface area (Å²) in [6, 6.07) is 0. The predicted octanol–water partition coefficient (Wildman–Crippen LogP) is 3.80. The van der Waals surface area contributed by atoms with E-state index in [2.05, 4.69) is 46.5 Å². The first-order valence-corrected chi connectivity index (χ1v) is 13.6. The highest BCUT2D eigenvalue weighted by molar-refractivity contribution is 6.03. The summed E-state index contributed by atoms with van der Waals surface area (Å²) in [5.41, 5.74) is 0.993. The molecule has 0 saturated carbocycles. The van der Waals surface area contributed by atoms with Gasteiger partial charge in [0.1, 0.15) is 0 Å². The molecule has 3 N–H and O–H groups in total. The van der Waals surface area contributed by atoms with Gasteiger partial charge >= 0.3 is 0 Å². The van der Waals surface area contributed by atoms with Crippen LogP contribution in [-0.2, 0) is 19.1 Å². The number of hydrogen-bond acceptors (Lipinski definition) is 7. The van der Waals surface area contributed by atoms with Gasteiger partial charge in [-0.25, -0.2) is 0 Å². The number of ether oxygens (including phenoxy) is 2. The largest absolute Gasteiger partial charge is 0.395 e. The Balaban J connectivity index is 0.000000908. The Morgan fingerprint density at radius 1 is 1.08 bits per heavy atom. The molecule has 0 bridgehead atoms. The highest BCUT2D eigenvalue weighted by Gasteiger charge is 2.48. The van der Waals surface area contributed by atoms with Crippen LogP contribution in [0.3, 0.4) is 0 Å². The average Bonchev–Trinajstić information content (AvgIpc) is 2.99. The van der Waals surface area contributed by atoms with Crippen molar-refractivity contribution in [3.05, 3.63) is 12.2 Å². The summed E-state index contributed by atoms with van der Waals surface area (Å²) in [6.45, 7) is 27.0. The van der Waals surface area contributed by atoms with E-state index in [0.717, 1.165) is 12.0 Å². The van der Waals surface area contributed by atoms with Crippen molar-refractivity contribution in [3.63, 3.8) is 0 Å². The molecule has 1 fully saturated rings. The number of rotatable bonds is 15. The van der Waals surface area contributed by atoms with Crippen molar-refractivity contribution in [2.75, 3.05) is 39.5 Å². The van der Waals surface area contributed by atoms with E-state index < -0.39 is 6.10 Å². The Hall–Kier alpha value is -1.32. The molecular formula is C29H56N2O6. The molecular weight excluding hydrogens is 472 g/mol. The van der Waals surface area contributed by atoms with Crippen LogP contribution < -0.4 is 5.32 Å². The number of aliphatic hydroxyl groups is 2. The number of aliphatic hydroxyl groups excluding tert-OH is 2. The number of carbonyl (C=O) groups is 2. The molecule has 8 heteroatoms. The maximum Gasteiger partial charge on any atom is 0.233 e. The van der Waals surface area contributed by atoms with Crippen molar-refractivity contribution in [3.8, 4) is 0 Å². The number of amides is 2. The van der Waals surface area contributed by atoms with Crippen LogP contribution in [0.2, 0.25) is 0 Å². The molecule has 0 aliphatic carbocycles. The fourth-order valence-corrected chi connectivity index (χ4v) is 5.31. The lowest BCUT2D eigenvalue weighted by molar-refractivity contribution is -0.140. The molecule has 1 heterocycles. The summed E-state index contributed by atoms with van der Waals surface area (Å²) in [5, 5.41) is 20.7. The third-order valence-corrected chi connectivity index (χ3v) is 6.13. The average molecular weight is 529 g/mol. The molecule has 1 saturated heterocycles. The smallest absolute Gasteiger partial charge is 0.233 e. The second kappa shape index (κ2) is 16.6. The first-order valence-electron chi connectivity index (χ1n) is 13.6. The zero-order valence-corrected chi connectivity index (χ0v) is 25.2. The van der Waals surface area contributed by atoms with Crippen LogP contribution in [0.1, 0.15) is 82.1 Å². The van der Waals surface area contributed by atoms with Gasteiger partial charge in [-0.05, 0) is 57.8 Å². The lowest BCUT2D eigenvalue weighted by atomic mass is 9.62. The molecule has 8 nitrogen and oxygen atoms in total. The van der Waals surface area contributed by atoms with E-state index in [4.69, 9.17) is 19.7 Å². The van der Waals surface area contributed by atoms with E-state index in [9.17, 15) is 9.59 Å². The Morgan fingerprint density at radius 2 is 1.68 bits per heavy atom. The van der Waals surface area contributed by atoms with Crippen LogP contribution in [0, 0.1) is 22.7 Å². The van der Waals surface area contributed by atoms with Crippen LogP contribution in [-0.4, -0.2) is 84.7 Å². The molecule has 4 atom stereocenters. The van der Waals surface area contributed by atoms with Crippen LogP contribution >= 0.6 is 0 Å². The van der Waals surface area contributed by atoms with Crippen LogP contribution in [0.5, 0.6) is 0 Å². The zero-order chi connectivity index (χ0) is 29.0. The lowest BCUT2D eigenvalue weighted by Crippen LogP contribution is -2.41. The quantitative estimate of drug-likeness (QED) is 0.169. The van der Waals surface area contributed by atoms with Crippen molar-refractivity contribution in [1.29, 1.82) is 0 Å². The minimum Gasteiger partial charge on any atom is -0.395 e. The molecule has 4 unspecified atom stereocenters. The first kappa shape index (κ1) is 35.7. The molecule has 0 aromatic heterocycles. The second-order valence-corrected chi connectivity index (χ2v) is 12.6. The van der Waals surface area contributed by atoms with E-state index in [0.29, 0.717) is 32.8 Å². The van der Waals surface area contributed by atoms with Gasteiger partial charge in [0.25, 0.3) is 0 Å². The molecule has 37 heavy (non-hydrogen) atoms. The molecule has 1 rings (SSSR count). The fourth-order valence-electron chi connectivity index (χ4n) is 5.31. The highest BCUT2D eigenvalue weighted by atomic mass is 16.5. The lowest BCUT2D eigenvalue weighted by Gasteiger charge is -2.42. The van der Waals surface area contributed by atoms with Gasteiger partial charge in [-0.1, -0.05) is 46.8 Å². The number of nitrogens with zero attached hydrogens (tertiary/aromatic N) is 1. The van der Waals surface area contributed by atoms with E-state index in [1.807, 2.05) is 27.7 Å². The molecule has 218 valence electrons. The zero-order valence-electron chi connectivity index (χ0n) is 25.2. The number of carbonyl (C=O) groups excluding carboxylic acids is 2. The van der Waals surface area contributed by atoms with Crippen molar-refractivity contribution in [1.82, 2.24) is 10.2 Å². The van der Waals surface area contributed by atoms with Crippen molar-refractivity contribution in [2.45, 2.75) is 100 Å². The number of hydrogen-bond donors (Lipinski definition) is 3. The molecule has 0 spiro atoms. The summed E-state index contributed by atoms with van der Waals surface area (Å²) in [5.74, 6) is -0.511. The summed E-state index contributed by atoms with van der Waals surface area (Å²) < 4.78 is 10.6. The van der Waals surface area contributed by atoms with Crippen molar-refractivity contribution >= 4 is 11.8 Å². The topological polar surface area (TPSA) is 108 Å². The molecule has 0 radical (unpaired) electrons. The van der Waals surface area contributed by atoms with E-state index in [1.165, 1.54) is 4.90 Å². The van der Waals surface area contributed by atoms with Gasteiger partial charge in [0.15, 0.2) is 0 Å². The number of allylic oxidation sites excluding steroid dienone is 1. The minimum absolute atomic E-state index is 0.0152. The van der Waals surface area contributed by atoms with Crippen molar-refractivity contribution < 1.29 is 29.3 Å². The minimum atomic E-state index is -0.397. The monoisotopic (exact) mass is 528 g/mol. The number of likely N-dealkylation sites (tertiary alicyclic amines) is 1. The number of nitrogens with one attached hydrogen (secondary N) is 1. The van der Waals surface area contributed by atoms with E-state index >= 15 is 0 Å². The molecule has 1 aliphatic rings. The predicted molar refractivity (Wildman–Crippen MR) is 149 cm³/mol. The van der Waals surface area contributed by atoms with Crippen LogP contribution in [0.4, 0.5) is 0 Å². The Bertz CT molecular complexity index is 687. The second-order valence-electron chi connectivity index (χ2n) is 12.6. The molecule has 1 aliphatic heterocycles. The van der Waals surface area contributed by atoms with Gasteiger partial charge in [0, 0.05) is 26.1 Å². The third kappa shape index (κ3) is 14.4. The summed E-state index contributed by atoms with van der Waals surface area (Å²) in [4.78, 5) is 26.7. The van der Waals surface area contributed by atoms with Gasteiger partial charge in [0.2, 0.25) is 11.8 Å². The Kier molecular flexibility index (Phi) is 16.0. The number of imide groups is 1. The maximum atomic E-state index is 12.9. The molecule has 0 aromatic rings. The fraction of sp³-hybridized carbons (Fsp3) is 0.862. The standard InChI is InChI=1S/C20H36N2O3.C9H20O3/c1-14(2)17(20(6,7)13-19(3,4)5)15-12-16(24)22(18(15)25)10-8-21-9-11-23;1-7(2)11-6-9(4)12-5-8(3)10/h15,17,21,23H,1,8-13H2,2-7H3;7-10H,5-6H2,1-4H3. The molecule has 0 aromatic carbocycles. The van der Waals surface area contributed by atoms with Gasteiger partial charge in [-0.2, -0.15) is 0 Å². The summed E-state index contributed by atoms with van der Waals surface area (Å²) in [6.07, 6.45) is 1.12. The van der Waals surface area contributed by atoms with Crippen molar-refractivity contribution in [2.24, 2.45) is 22.7 Å². The Labute approximate surface area is 226 Å². The SMILES string of the molecule is C=C(C)C(C1CC(=O)N(CCNCCO)C1=O)C(C)(C)CC(C)(C)C.CC(O)COC(C)COC(C)C. The summed E-state index contributed by atoms with van der Waals surface area (Å²) >= 11 is 0. The highest BCUT2D eigenvalue weighted by Crippen LogP contribution is 2.47. The summed E-state index contributed by atoms with van der Waals surface area (Å²) in [7, 11) is 0. The normalized spacial score (nSPS) is 19.1. The van der Waals surface area contributed by atoms with Gasteiger partial charge in [-0.15, -0.1) is 0 Å². The third-order valence-electron chi connectivity index (χ3n) is 6.13. The van der Waals surface area contributed by atoms with Crippen LogP contribution in [0.15, 0.2) is 12.2 Å². The molecule has 2 amide bonds. The van der Waals surface area contributed by atoms with Gasteiger partial charge in [0.05, 0.1) is 44.1 Å². The van der Waals surface area contributed by atoms with Gasteiger partial charge < -0.3 is 25.0 Å². The van der Waals surface area contributed by atoms with Crippen LogP contribution in [0.25, 0.3) is 0 Å². The maximum absolute atomic E-state index is 12.9. The van der Waals surface area contributed by atoms with Gasteiger partial charge in [-0.3, -0.25) is 14.5 Å². The Morgan fingerprint density at radius 3 is 2.14 bits per heavy atom. The first-order chi connectivity index (χ1) is 16.9.